The lowest BCUT2D eigenvalue weighted by atomic mass is 9.60. The Morgan fingerprint density at radius 2 is 1.61 bits per heavy atom. The van der Waals surface area contributed by atoms with Gasteiger partial charge in [-0.15, -0.1) is 0 Å². The fourth-order valence-electron chi connectivity index (χ4n) is 6.21. The summed E-state index contributed by atoms with van der Waals surface area (Å²) in [4.78, 5) is 8.81. The van der Waals surface area contributed by atoms with Crippen molar-refractivity contribution in [1.29, 1.82) is 0 Å². The number of rotatable bonds is 4. The van der Waals surface area contributed by atoms with E-state index < -0.39 is 40.3 Å². The van der Waals surface area contributed by atoms with E-state index in [2.05, 4.69) is 20.8 Å². The van der Waals surface area contributed by atoms with Crippen molar-refractivity contribution in [2.45, 2.75) is 110 Å². The summed E-state index contributed by atoms with van der Waals surface area (Å²) in [7, 11) is 1.57. The Kier molecular flexibility index (Phi) is 8.64. The standard InChI is InChI=1S/C28H44O7.C2H4O/c1-18-16-32-24(5,20(3)19(18)2)35-27(8)25(6,29)26(7)23(4,34-28(27,9)30-10)17-31-22(33-26)21-14-12-11-13-15-21;1-2-3/h11-15,18-20,22,29H,16-17H2,1-10H3;2H,1H3/t18-,19?,20?,22?,23?,24-,25?,26+,27?,28-;/m0./s1. The molecule has 0 bridgehead atoms. The molecule has 0 aliphatic carbocycles. The summed E-state index contributed by atoms with van der Waals surface area (Å²) in [5.74, 6) is -1.48. The topological polar surface area (TPSA) is 92.7 Å². The summed E-state index contributed by atoms with van der Waals surface area (Å²) < 4.78 is 38.7. The molecule has 1 aromatic carbocycles. The molecule has 0 spiro atoms. The van der Waals surface area contributed by atoms with Crippen LogP contribution in [0.1, 0.15) is 81.1 Å². The zero-order valence-corrected chi connectivity index (χ0v) is 25.0. The van der Waals surface area contributed by atoms with Crippen LogP contribution in [0.15, 0.2) is 30.3 Å². The molecular formula is C30H48O8. The van der Waals surface area contributed by atoms with E-state index in [0.717, 1.165) is 11.8 Å². The van der Waals surface area contributed by atoms with Gasteiger partial charge >= 0.3 is 0 Å². The highest BCUT2D eigenvalue weighted by molar-refractivity contribution is 5.44. The van der Waals surface area contributed by atoms with Crippen molar-refractivity contribution in [3.05, 3.63) is 35.9 Å². The van der Waals surface area contributed by atoms with Gasteiger partial charge in [-0.3, -0.25) is 0 Å². The van der Waals surface area contributed by atoms with Crippen molar-refractivity contribution < 1.29 is 38.3 Å². The van der Waals surface area contributed by atoms with Crippen molar-refractivity contribution in [2.24, 2.45) is 17.8 Å². The first-order valence-electron chi connectivity index (χ1n) is 13.6. The maximum absolute atomic E-state index is 12.6. The van der Waals surface area contributed by atoms with E-state index in [0.29, 0.717) is 18.4 Å². The molecule has 3 heterocycles. The number of benzene rings is 1. The van der Waals surface area contributed by atoms with E-state index in [4.69, 9.17) is 33.2 Å². The van der Waals surface area contributed by atoms with E-state index in [1.807, 2.05) is 58.0 Å². The van der Waals surface area contributed by atoms with Gasteiger partial charge < -0.3 is 38.3 Å². The minimum absolute atomic E-state index is 0.0637. The lowest BCUT2D eigenvalue weighted by molar-refractivity contribution is -0.516. The van der Waals surface area contributed by atoms with Gasteiger partial charge in [0, 0.05) is 18.6 Å². The second-order valence-corrected chi connectivity index (χ2v) is 12.1. The predicted molar refractivity (Wildman–Crippen MR) is 143 cm³/mol. The molecule has 8 heteroatoms. The number of fused-ring (bicyclic) bond motifs is 1. The van der Waals surface area contributed by atoms with E-state index in [1.165, 1.54) is 6.92 Å². The van der Waals surface area contributed by atoms with Crippen LogP contribution >= 0.6 is 0 Å². The second kappa shape index (κ2) is 10.5. The zero-order valence-electron chi connectivity index (χ0n) is 25.0. The molecule has 1 N–H and O–H groups in total. The third-order valence-electron chi connectivity index (χ3n) is 10.0. The largest absolute Gasteiger partial charge is 0.384 e. The molecule has 6 unspecified atom stereocenters. The molecule has 3 aliphatic heterocycles. The fraction of sp³-hybridized carbons (Fsp3) is 0.767. The molecule has 3 aliphatic rings. The summed E-state index contributed by atoms with van der Waals surface area (Å²) >= 11 is 0. The number of carbonyl (C=O) groups is 1. The molecule has 4 rings (SSSR count). The first kappa shape index (κ1) is 31.1. The van der Waals surface area contributed by atoms with E-state index >= 15 is 0 Å². The Hall–Kier alpha value is -1.39. The number of carbonyl (C=O) groups excluding carboxylic acids is 1. The van der Waals surface area contributed by atoms with Gasteiger partial charge in [0.05, 0.1) is 13.2 Å². The highest BCUT2D eigenvalue weighted by atomic mass is 16.8. The van der Waals surface area contributed by atoms with Crippen molar-refractivity contribution in [2.75, 3.05) is 20.3 Å². The molecule has 3 saturated heterocycles. The number of hydrogen-bond donors (Lipinski definition) is 1. The summed E-state index contributed by atoms with van der Waals surface area (Å²) in [6.07, 6.45) is 0.0850. The van der Waals surface area contributed by atoms with Crippen molar-refractivity contribution >= 4 is 6.29 Å². The molecule has 0 amide bonds. The maximum atomic E-state index is 12.6. The molecular weight excluding hydrogens is 488 g/mol. The Morgan fingerprint density at radius 1 is 1.03 bits per heavy atom. The number of methoxy groups -OCH3 is 1. The minimum Gasteiger partial charge on any atom is -0.384 e. The van der Waals surface area contributed by atoms with Gasteiger partial charge in [-0.05, 0) is 60.3 Å². The van der Waals surface area contributed by atoms with Gasteiger partial charge in [0.2, 0.25) is 0 Å². The summed E-state index contributed by atoms with van der Waals surface area (Å²) in [6, 6.07) is 9.72. The molecule has 1 aromatic rings. The number of ether oxygens (including phenoxy) is 6. The first-order valence-corrected chi connectivity index (χ1v) is 13.6. The van der Waals surface area contributed by atoms with Crippen LogP contribution in [-0.4, -0.2) is 65.7 Å². The van der Waals surface area contributed by atoms with E-state index in [1.54, 1.807) is 21.0 Å². The van der Waals surface area contributed by atoms with Gasteiger partial charge in [0.1, 0.15) is 23.1 Å². The average molecular weight is 537 g/mol. The Bertz CT molecular complexity index is 970. The zero-order chi connectivity index (χ0) is 28.8. The van der Waals surface area contributed by atoms with Gasteiger partial charge in [0.25, 0.3) is 0 Å². The molecule has 216 valence electrons. The monoisotopic (exact) mass is 536 g/mol. The molecule has 38 heavy (non-hydrogen) atoms. The fourth-order valence-corrected chi connectivity index (χ4v) is 6.21. The molecule has 0 aromatic heterocycles. The number of aliphatic hydroxyl groups is 1. The number of aldehydes is 1. The maximum Gasteiger partial charge on any atom is 0.198 e. The van der Waals surface area contributed by atoms with Crippen LogP contribution < -0.4 is 0 Å². The molecule has 3 fully saturated rings. The first-order chi connectivity index (χ1) is 17.5. The molecule has 0 radical (unpaired) electrons. The summed E-state index contributed by atoms with van der Waals surface area (Å²) in [5, 5.41) is 12.6. The summed E-state index contributed by atoms with van der Waals surface area (Å²) in [5.41, 5.74) is -4.36. The second-order valence-electron chi connectivity index (χ2n) is 12.1. The highest BCUT2D eigenvalue weighted by Crippen LogP contribution is 2.61. The van der Waals surface area contributed by atoms with Gasteiger partial charge in [0.15, 0.2) is 23.5 Å². The number of hydrogen-bond acceptors (Lipinski definition) is 8. The third kappa shape index (κ3) is 4.56. The van der Waals surface area contributed by atoms with Gasteiger partial charge in [-0.1, -0.05) is 51.1 Å². The van der Waals surface area contributed by atoms with Crippen LogP contribution in [0.4, 0.5) is 0 Å². The van der Waals surface area contributed by atoms with Crippen molar-refractivity contribution in [3.8, 4) is 0 Å². The third-order valence-corrected chi connectivity index (χ3v) is 10.0. The van der Waals surface area contributed by atoms with Crippen LogP contribution in [-0.2, 0) is 33.2 Å². The molecule has 0 saturated carbocycles. The minimum atomic E-state index is -1.59. The van der Waals surface area contributed by atoms with Crippen LogP contribution in [0.25, 0.3) is 0 Å². The summed E-state index contributed by atoms with van der Waals surface area (Å²) in [6.45, 7) is 19.9. The quantitative estimate of drug-likeness (QED) is 0.536. The van der Waals surface area contributed by atoms with Crippen LogP contribution in [0.3, 0.4) is 0 Å². The average Bonchev–Trinajstić information content (AvgIpc) is 2.87. The van der Waals surface area contributed by atoms with Gasteiger partial charge in [-0.2, -0.15) is 0 Å². The smallest absolute Gasteiger partial charge is 0.198 e. The lowest BCUT2D eigenvalue weighted by Crippen LogP contribution is -2.87. The Labute approximate surface area is 228 Å². The predicted octanol–water partition coefficient (Wildman–Crippen LogP) is 5.03. The SMILES string of the molecule is CC=O.CO[C@@]1(C)OC2(C)COC(c3ccccc3)O[C@@]2(C)C(C)(O)C1(C)O[C@]1(C)OC[C@H](C)C(C)C1C. The lowest BCUT2D eigenvalue weighted by Gasteiger charge is -2.70. The Balaban J connectivity index is 0.00000127. The molecule has 10 atom stereocenters. The van der Waals surface area contributed by atoms with Crippen LogP contribution in [0.2, 0.25) is 0 Å². The van der Waals surface area contributed by atoms with Crippen molar-refractivity contribution in [3.63, 3.8) is 0 Å². The van der Waals surface area contributed by atoms with E-state index in [9.17, 15) is 5.11 Å². The van der Waals surface area contributed by atoms with Gasteiger partial charge in [-0.25, -0.2) is 0 Å². The normalized spacial score (nSPS) is 48.8. The highest BCUT2D eigenvalue weighted by Gasteiger charge is 2.79. The van der Waals surface area contributed by atoms with Crippen LogP contribution in [0, 0.1) is 17.8 Å². The van der Waals surface area contributed by atoms with E-state index in [-0.39, 0.29) is 12.5 Å². The van der Waals surface area contributed by atoms with Crippen LogP contribution in [0.5, 0.6) is 0 Å². The van der Waals surface area contributed by atoms with Crippen molar-refractivity contribution in [1.82, 2.24) is 0 Å². The molecule has 8 nitrogen and oxygen atoms in total. The Morgan fingerprint density at radius 3 is 2.16 bits per heavy atom.